The summed E-state index contributed by atoms with van der Waals surface area (Å²) in [7, 11) is 0. The number of hydrogen-bond donors (Lipinski definition) is 2. The molecule has 0 aromatic heterocycles. The molecule has 2 aliphatic carbocycles. The number of fused-ring (bicyclic) bond motifs is 4. The van der Waals surface area contributed by atoms with Crippen molar-refractivity contribution in [1.29, 1.82) is 0 Å². The number of amides is 2. The second-order valence-electron chi connectivity index (χ2n) is 7.34. The molecule has 4 nitrogen and oxygen atoms in total. The van der Waals surface area contributed by atoms with Crippen LogP contribution in [0.3, 0.4) is 0 Å². The Morgan fingerprint density at radius 2 is 1.77 bits per heavy atom. The lowest BCUT2D eigenvalue weighted by Crippen LogP contribution is -2.48. The molecule has 4 atom stereocenters. The van der Waals surface area contributed by atoms with Gasteiger partial charge in [0.2, 0.25) is 0 Å². The van der Waals surface area contributed by atoms with E-state index in [9.17, 15) is 13.6 Å². The zero-order valence-corrected chi connectivity index (χ0v) is 14.0. The fourth-order valence-corrected chi connectivity index (χ4v) is 4.41. The molecule has 2 aromatic carbocycles. The van der Waals surface area contributed by atoms with Crippen molar-refractivity contribution in [2.45, 2.75) is 30.8 Å². The van der Waals surface area contributed by atoms with E-state index in [0.717, 1.165) is 23.1 Å². The van der Waals surface area contributed by atoms with Crippen molar-refractivity contribution in [3.8, 4) is 5.75 Å². The zero-order valence-electron chi connectivity index (χ0n) is 14.0. The minimum atomic E-state index is -0.307. The molecule has 2 amide bonds. The Bertz CT molecular complexity index is 901. The number of carbonyl (C=O) groups excluding carboxylic acids is 1. The van der Waals surface area contributed by atoms with Gasteiger partial charge in [0, 0.05) is 12.0 Å². The van der Waals surface area contributed by atoms with Crippen LogP contribution < -0.4 is 15.4 Å². The zero-order chi connectivity index (χ0) is 17.8. The van der Waals surface area contributed by atoms with Gasteiger partial charge in [0.05, 0.1) is 6.04 Å². The Balaban J connectivity index is 1.19. The summed E-state index contributed by atoms with van der Waals surface area (Å²) in [4.78, 5) is 12.3. The first-order valence-electron chi connectivity index (χ1n) is 8.85. The summed E-state index contributed by atoms with van der Waals surface area (Å²) < 4.78 is 32.3. The van der Waals surface area contributed by atoms with Crippen LogP contribution in [0.4, 0.5) is 13.6 Å². The number of ether oxygens (including phenoxy) is 1. The smallest absolute Gasteiger partial charge is 0.315 e. The van der Waals surface area contributed by atoms with Crippen LogP contribution in [-0.2, 0) is 12.8 Å². The lowest BCUT2D eigenvalue weighted by atomic mass is 10.0. The van der Waals surface area contributed by atoms with E-state index in [1.807, 2.05) is 6.07 Å². The van der Waals surface area contributed by atoms with Crippen LogP contribution in [0, 0.1) is 17.6 Å². The van der Waals surface area contributed by atoms with Crippen LogP contribution >= 0.6 is 0 Å². The van der Waals surface area contributed by atoms with Crippen LogP contribution in [0.2, 0.25) is 0 Å². The quantitative estimate of drug-likeness (QED) is 0.869. The number of nitrogens with one attached hydrogen (secondary N) is 2. The van der Waals surface area contributed by atoms with Gasteiger partial charge in [0.1, 0.15) is 24.0 Å². The van der Waals surface area contributed by atoms with E-state index in [4.69, 9.17) is 4.74 Å². The summed E-state index contributed by atoms with van der Waals surface area (Å²) in [5.41, 5.74) is 2.96. The van der Waals surface area contributed by atoms with Crippen molar-refractivity contribution < 1.29 is 18.3 Å². The summed E-state index contributed by atoms with van der Waals surface area (Å²) in [6, 6.07) is 9.01. The third-order valence-corrected chi connectivity index (χ3v) is 5.65. The van der Waals surface area contributed by atoms with E-state index in [1.54, 1.807) is 12.1 Å². The lowest BCUT2D eigenvalue weighted by Gasteiger charge is -2.26. The standard InChI is InChI=1S/C20H18F2N2O2/c21-12-1-3-15-10(5-12)8-16-18(15)19(16)24-20(25)23-14-7-11-6-13(22)2-4-17(11)26-9-14/h1-6,14,16,18-19H,7-9H2,(H2,23,24,25). The number of urea groups is 1. The van der Waals surface area contributed by atoms with Gasteiger partial charge in [-0.1, -0.05) is 6.07 Å². The van der Waals surface area contributed by atoms with Crippen molar-refractivity contribution in [2.75, 3.05) is 6.61 Å². The highest BCUT2D eigenvalue weighted by Gasteiger charge is 2.56. The van der Waals surface area contributed by atoms with Crippen LogP contribution in [0.25, 0.3) is 0 Å². The predicted octanol–water partition coefficient (Wildman–Crippen LogP) is 2.91. The average molecular weight is 356 g/mol. The average Bonchev–Trinajstić information content (AvgIpc) is 3.11. The molecule has 26 heavy (non-hydrogen) atoms. The first kappa shape index (κ1) is 15.6. The molecular formula is C20H18F2N2O2. The van der Waals surface area contributed by atoms with Crippen LogP contribution in [-0.4, -0.2) is 24.7 Å². The van der Waals surface area contributed by atoms with Gasteiger partial charge in [-0.05, 0) is 65.8 Å². The third-order valence-electron chi connectivity index (χ3n) is 5.65. The van der Waals surface area contributed by atoms with Gasteiger partial charge < -0.3 is 15.4 Å². The topological polar surface area (TPSA) is 50.4 Å². The summed E-state index contributed by atoms with van der Waals surface area (Å²) >= 11 is 0. The normalized spacial score (nSPS) is 27.6. The van der Waals surface area contributed by atoms with Crippen LogP contribution in [0.1, 0.15) is 22.6 Å². The van der Waals surface area contributed by atoms with Gasteiger partial charge in [0.25, 0.3) is 0 Å². The van der Waals surface area contributed by atoms with Crippen molar-refractivity contribution in [1.82, 2.24) is 10.6 Å². The number of benzene rings is 2. The summed E-state index contributed by atoms with van der Waals surface area (Å²) in [5, 5.41) is 5.94. The highest BCUT2D eigenvalue weighted by Crippen LogP contribution is 2.56. The molecule has 1 fully saturated rings. The molecule has 2 aromatic rings. The van der Waals surface area contributed by atoms with E-state index in [-0.39, 0.29) is 35.7 Å². The van der Waals surface area contributed by atoms with E-state index < -0.39 is 0 Å². The molecule has 1 saturated carbocycles. The predicted molar refractivity (Wildman–Crippen MR) is 91.2 cm³/mol. The summed E-state index contributed by atoms with van der Waals surface area (Å²) in [5.74, 6) is 0.800. The molecule has 2 N–H and O–H groups in total. The fourth-order valence-electron chi connectivity index (χ4n) is 4.41. The van der Waals surface area contributed by atoms with E-state index in [1.165, 1.54) is 18.2 Å². The van der Waals surface area contributed by atoms with Crippen molar-refractivity contribution in [3.63, 3.8) is 0 Å². The van der Waals surface area contributed by atoms with E-state index in [0.29, 0.717) is 24.7 Å². The second-order valence-corrected chi connectivity index (χ2v) is 7.34. The maximum Gasteiger partial charge on any atom is 0.315 e. The molecule has 0 bridgehead atoms. The molecule has 4 unspecified atom stereocenters. The van der Waals surface area contributed by atoms with Crippen LogP contribution in [0.15, 0.2) is 36.4 Å². The van der Waals surface area contributed by atoms with Crippen molar-refractivity contribution in [3.05, 3.63) is 64.7 Å². The Morgan fingerprint density at radius 1 is 1.00 bits per heavy atom. The highest BCUT2D eigenvalue weighted by atomic mass is 19.1. The maximum absolute atomic E-state index is 13.4. The molecule has 0 radical (unpaired) electrons. The van der Waals surface area contributed by atoms with Crippen molar-refractivity contribution >= 4 is 6.03 Å². The summed E-state index contributed by atoms with van der Waals surface area (Å²) in [6.45, 7) is 0.367. The first-order chi connectivity index (χ1) is 12.6. The second kappa shape index (κ2) is 5.69. The number of hydrogen-bond acceptors (Lipinski definition) is 2. The molecule has 1 heterocycles. The number of carbonyl (C=O) groups is 1. The Hall–Kier alpha value is -2.63. The monoisotopic (exact) mass is 356 g/mol. The molecule has 5 rings (SSSR count). The van der Waals surface area contributed by atoms with E-state index in [2.05, 4.69) is 10.6 Å². The molecule has 1 aliphatic heterocycles. The molecule has 0 spiro atoms. The largest absolute Gasteiger partial charge is 0.491 e. The fraction of sp³-hybridized carbons (Fsp3) is 0.350. The molecule has 134 valence electrons. The van der Waals surface area contributed by atoms with Crippen LogP contribution in [0.5, 0.6) is 5.75 Å². The third kappa shape index (κ3) is 2.60. The van der Waals surface area contributed by atoms with Gasteiger partial charge >= 0.3 is 6.03 Å². The molecule has 3 aliphatic rings. The van der Waals surface area contributed by atoms with Crippen molar-refractivity contribution in [2.24, 2.45) is 5.92 Å². The Morgan fingerprint density at radius 3 is 2.62 bits per heavy atom. The minimum Gasteiger partial charge on any atom is -0.491 e. The van der Waals surface area contributed by atoms with Gasteiger partial charge in [-0.2, -0.15) is 0 Å². The van der Waals surface area contributed by atoms with Gasteiger partial charge in [0.15, 0.2) is 0 Å². The Labute approximate surface area is 149 Å². The summed E-state index contributed by atoms with van der Waals surface area (Å²) in [6.07, 6.45) is 1.35. The highest BCUT2D eigenvalue weighted by molar-refractivity contribution is 5.76. The maximum atomic E-state index is 13.4. The van der Waals surface area contributed by atoms with Gasteiger partial charge in [-0.15, -0.1) is 0 Å². The lowest BCUT2D eigenvalue weighted by molar-refractivity contribution is 0.213. The molecule has 0 saturated heterocycles. The number of halogens is 2. The van der Waals surface area contributed by atoms with Gasteiger partial charge in [-0.3, -0.25) is 0 Å². The number of rotatable bonds is 2. The molecular weight excluding hydrogens is 338 g/mol. The first-order valence-corrected chi connectivity index (χ1v) is 8.85. The van der Waals surface area contributed by atoms with E-state index >= 15 is 0 Å². The Kier molecular flexibility index (Phi) is 3.42. The minimum absolute atomic E-state index is 0.0993. The van der Waals surface area contributed by atoms with Gasteiger partial charge in [-0.25, -0.2) is 13.6 Å². The molecule has 6 heteroatoms. The SMILES string of the molecule is O=C(NC1COc2ccc(F)cc2C1)NC1C2Cc3cc(F)ccc3C21.